The highest BCUT2D eigenvalue weighted by molar-refractivity contribution is 9.10. The Bertz CT molecular complexity index is 1390. The van der Waals surface area contributed by atoms with Gasteiger partial charge < -0.3 is 9.47 Å². The molecular formula is C26H20Br2N2O6S. The van der Waals surface area contributed by atoms with E-state index in [9.17, 15) is 19.7 Å². The molecule has 1 aliphatic heterocycles. The van der Waals surface area contributed by atoms with Crippen LogP contribution in [0.3, 0.4) is 0 Å². The minimum atomic E-state index is -0.456. The van der Waals surface area contributed by atoms with Crippen molar-refractivity contribution >= 4 is 66.5 Å². The van der Waals surface area contributed by atoms with Crippen molar-refractivity contribution in [2.24, 2.45) is 0 Å². The van der Waals surface area contributed by atoms with Crippen molar-refractivity contribution in [1.29, 1.82) is 0 Å². The minimum absolute atomic E-state index is 0.00473. The average molecular weight is 648 g/mol. The third kappa shape index (κ3) is 6.41. The van der Waals surface area contributed by atoms with E-state index in [0.717, 1.165) is 27.4 Å². The van der Waals surface area contributed by atoms with Crippen molar-refractivity contribution in [1.82, 2.24) is 4.90 Å². The van der Waals surface area contributed by atoms with Crippen LogP contribution in [0.15, 0.2) is 74.5 Å². The fourth-order valence-electron chi connectivity index (χ4n) is 3.53. The number of hydrogen-bond acceptors (Lipinski definition) is 7. The van der Waals surface area contributed by atoms with Gasteiger partial charge in [0.05, 0.1) is 27.5 Å². The zero-order valence-electron chi connectivity index (χ0n) is 19.5. The van der Waals surface area contributed by atoms with Gasteiger partial charge in [0.1, 0.15) is 6.61 Å². The molecule has 0 spiro atoms. The van der Waals surface area contributed by atoms with Crippen LogP contribution in [-0.4, -0.2) is 27.6 Å². The predicted molar refractivity (Wildman–Crippen MR) is 148 cm³/mol. The molecule has 3 aromatic carbocycles. The molecule has 0 radical (unpaired) electrons. The van der Waals surface area contributed by atoms with E-state index in [1.165, 1.54) is 17.0 Å². The number of rotatable bonds is 9. The first-order chi connectivity index (χ1) is 17.8. The van der Waals surface area contributed by atoms with E-state index in [4.69, 9.17) is 9.47 Å². The Labute approximate surface area is 234 Å². The molecule has 8 nitrogen and oxygen atoms in total. The molecule has 4 rings (SSSR count). The van der Waals surface area contributed by atoms with Gasteiger partial charge >= 0.3 is 0 Å². The number of nitro benzene ring substituents is 1. The number of benzene rings is 3. The molecule has 1 saturated heterocycles. The van der Waals surface area contributed by atoms with Crippen molar-refractivity contribution in [2.45, 2.75) is 20.1 Å². The second-order valence-electron chi connectivity index (χ2n) is 7.83. The summed E-state index contributed by atoms with van der Waals surface area (Å²) in [5, 5.41) is 10.5. The van der Waals surface area contributed by atoms with Crippen molar-refractivity contribution in [3.63, 3.8) is 0 Å². The molecule has 2 amide bonds. The van der Waals surface area contributed by atoms with Gasteiger partial charge in [-0.3, -0.25) is 24.6 Å². The summed E-state index contributed by atoms with van der Waals surface area (Å²) in [5.74, 6) is 0.551. The Hall–Kier alpha value is -3.15. The van der Waals surface area contributed by atoms with Gasteiger partial charge in [-0.25, -0.2) is 0 Å². The van der Waals surface area contributed by atoms with E-state index < -0.39 is 4.92 Å². The van der Waals surface area contributed by atoms with Crippen LogP contribution >= 0.6 is 43.6 Å². The molecule has 0 saturated carbocycles. The van der Waals surface area contributed by atoms with Crippen LogP contribution in [0.1, 0.15) is 23.6 Å². The molecule has 3 aromatic rings. The maximum absolute atomic E-state index is 13.0. The molecule has 0 unspecified atom stereocenters. The monoisotopic (exact) mass is 646 g/mol. The maximum Gasteiger partial charge on any atom is 0.293 e. The highest BCUT2D eigenvalue weighted by Crippen LogP contribution is 2.40. The number of amides is 2. The molecule has 0 atom stereocenters. The van der Waals surface area contributed by atoms with Crippen molar-refractivity contribution in [2.75, 3.05) is 6.61 Å². The number of hydrogen-bond donors (Lipinski definition) is 0. The third-order valence-electron chi connectivity index (χ3n) is 5.32. The zero-order chi connectivity index (χ0) is 26.5. The van der Waals surface area contributed by atoms with Crippen LogP contribution in [0.5, 0.6) is 11.5 Å². The molecule has 190 valence electrons. The van der Waals surface area contributed by atoms with Crippen molar-refractivity contribution < 1.29 is 24.0 Å². The lowest BCUT2D eigenvalue weighted by atomic mass is 10.1. The number of non-ortho nitro benzene ring substituents is 1. The molecule has 11 heteroatoms. The first-order valence-electron chi connectivity index (χ1n) is 11.1. The summed E-state index contributed by atoms with van der Waals surface area (Å²) >= 11 is 7.86. The smallest absolute Gasteiger partial charge is 0.293 e. The summed E-state index contributed by atoms with van der Waals surface area (Å²) in [6.45, 7) is 2.57. The Morgan fingerprint density at radius 3 is 2.43 bits per heavy atom. The Balaban J connectivity index is 1.54. The highest BCUT2D eigenvalue weighted by Gasteiger charge is 2.35. The van der Waals surface area contributed by atoms with Gasteiger partial charge in [-0.05, 0) is 87.7 Å². The van der Waals surface area contributed by atoms with Crippen LogP contribution < -0.4 is 9.47 Å². The Morgan fingerprint density at radius 2 is 1.76 bits per heavy atom. The minimum Gasteiger partial charge on any atom is -0.490 e. The summed E-state index contributed by atoms with van der Waals surface area (Å²) < 4.78 is 13.2. The van der Waals surface area contributed by atoms with Crippen molar-refractivity contribution in [3.05, 3.63) is 101 Å². The number of nitrogens with zero attached hydrogens (tertiary/aromatic N) is 2. The van der Waals surface area contributed by atoms with E-state index in [0.29, 0.717) is 33.0 Å². The number of ether oxygens (including phenoxy) is 2. The van der Waals surface area contributed by atoms with Gasteiger partial charge in [-0.2, -0.15) is 0 Å². The molecular weight excluding hydrogens is 628 g/mol. The predicted octanol–water partition coefficient (Wildman–Crippen LogP) is 7.33. The topological polar surface area (TPSA) is 99.0 Å². The van der Waals surface area contributed by atoms with Crippen LogP contribution in [0.4, 0.5) is 10.5 Å². The molecule has 37 heavy (non-hydrogen) atoms. The lowest BCUT2D eigenvalue weighted by Crippen LogP contribution is -2.27. The van der Waals surface area contributed by atoms with E-state index in [1.807, 2.05) is 31.2 Å². The maximum atomic E-state index is 13.0. The SMILES string of the molecule is CCOc1cc(/C=C2\SC(=O)N(Cc3ccccc3Br)C2=O)cc(Br)c1OCc1ccc([N+](=O)[O-])cc1. The molecule has 0 bridgehead atoms. The molecule has 0 aromatic heterocycles. The molecule has 0 aliphatic carbocycles. The number of halogens is 2. The quantitative estimate of drug-likeness (QED) is 0.136. The van der Waals surface area contributed by atoms with Gasteiger partial charge in [0.2, 0.25) is 0 Å². The van der Waals surface area contributed by atoms with Crippen LogP contribution in [0.25, 0.3) is 6.08 Å². The largest absolute Gasteiger partial charge is 0.490 e. The van der Waals surface area contributed by atoms with E-state index in [-0.39, 0.29) is 30.0 Å². The fraction of sp³-hybridized carbons (Fsp3) is 0.154. The first kappa shape index (κ1) is 26.9. The van der Waals surface area contributed by atoms with Crippen molar-refractivity contribution in [3.8, 4) is 11.5 Å². The van der Waals surface area contributed by atoms with Gasteiger partial charge in [-0.1, -0.05) is 34.1 Å². The second kappa shape index (κ2) is 11.9. The first-order valence-corrected chi connectivity index (χ1v) is 13.5. The van der Waals surface area contributed by atoms with Gasteiger partial charge in [-0.15, -0.1) is 0 Å². The lowest BCUT2D eigenvalue weighted by Gasteiger charge is -2.15. The second-order valence-corrected chi connectivity index (χ2v) is 10.5. The van der Waals surface area contributed by atoms with Crippen LogP contribution in [-0.2, 0) is 17.9 Å². The van der Waals surface area contributed by atoms with Gasteiger partial charge in [0, 0.05) is 16.6 Å². The number of thioether (sulfide) groups is 1. The number of carbonyl (C=O) groups is 2. The van der Waals surface area contributed by atoms with E-state index in [2.05, 4.69) is 31.9 Å². The Morgan fingerprint density at radius 1 is 1.03 bits per heavy atom. The normalized spacial score (nSPS) is 14.4. The van der Waals surface area contributed by atoms with Crippen LogP contribution in [0, 0.1) is 10.1 Å². The number of imide groups is 1. The summed E-state index contributed by atoms with van der Waals surface area (Å²) in [6, 6.07) is 17.1. The molecule has 0 N–H and O–H groups in total. The summed E-state index contributed by atoms with van der Waals surface area (Å²) in [6.07, 6.45) is 1.65. The van der Waals surface area contributed by atoms with E-state index in [1.54, 1.807) is 30.3 Å². The fourth-order valence-corrected chi connectivity index (χ4v) is 5.35. The van der Waals surface area contributed by atoms with Crippen LogP contribution in [0.2, 0.25) is 0 Å². The zero-order valence-corrected chi connectivity index (χ0v) is 23.5. The van der Waals surface area contributed by atoms with Gasteiger partial charge in [0.15, 0.2) is 11.5 Å². The summed E-state index contributed by atoms with van der Waals surface area (Å²) in [5.41, 5.74) is 2.25. The number of nitro groups is 1. The average Bonchev–Trinajstić information content (AvgIpc) is 3.12. The standard InChI is InChI=1S/C26H20Br2N2O6S/c1-2-35-22-12-17(11-21(28)24(22)36-15-16-7-9-19(10-8-16)30(33)34)13-23-25(31)29(26(32)37-23)14-18-5-3-4-6-20(18)27/h3-13H,2,14-15H2,1H3/b23-13-. The highest BCUT2D eigenvalue weighted by atomic mass is 79.9. The molecule has 1 heterocycles. The summed E-state index contributed by atoms with van der Waals surface area (Å²) in [4.78, 5) is 37.5. The third-order valence-corrected chi connectivity index (χ3v) is 7.59. The summed E-state index contributed by atoms with van der Waals surface area (Å²) in [7, 11) is 0. The lowest BCUT2D eigenvalue weighted by molar-refractivity contribution is -0.384. The molecule has 1 aliphatic rings. The Kier molecular flexibility index (Phi) is 8.67. The molecule has 1 fully saturated rings. The van der Waals surface area contributed by atoms with E-state index >= 15 is 0 Å². The van der Waals surface area contributed by atoms with Gasteiger partial charge in [0.25, 0.3) is 16.8 Å². The number of carbonyl (C=O) groups excluding carboxylic acids is 2.